The maximum Gasteiger partial charge on any atom is 0.309 e. The number of rotatable bonds is 5. The molecule has 0 aromatic heterocycles. The molecule has 7 heteroatoms. The number of hydrogen-bond acceptors (Lipinski definition) is 5. The van der Waals surface area contributed by atoms with Gasteiger partial charge in [0.2, 0.25) is 11.8 Å². The van der Waals surface area contributed by atoms with Crippen molar-refractivity contribution in [3.63, 3.8) is 0 Å². The normalized spacial score (nSPS) is 26.3. The second kappa shape index (κ2) is 13.8. The Kier molecular flexibility index (Phi) is 10.7. The van der Waals surface area contributed by atoms with E-state index in [9.17, 15) is 19.5 Å². The number of esters is 1. The number of nitrogens with one attached hydrogen (secondary N) is 1. The van der Waals surface area contributed by atoms with Gasteiger partial charge in [-0.15, -0.1) is 0 Å². The zero-order valence-corrected chi connectivity index (χ0v) is 22.7. The van der Waals surface area contributed by atoms with Crippen LogP contribution in [-0.2, 0) is 25.5 Å². The van der Waals surface area contributed by atoms with Gasteiger partial charge in [0.05, 0.1) is 30.5 Å². The maximum atomic E-state index is 13.4. The summed E-state index contributed by atoms with van der Waals surface area (Å²) in [5, 5.41) is 12.7. The van der Waals surface area contributed by atoms with E-state index in [0.717, 1.165) is 37.7 Å². The number of cyclic esters (lactones) is 1. The fraction of sp³-hybridized carbons (Fsp3) is 0.633. The lowest BCUT2D eigenvalue weighted by Crippen LogP contribution is -2.50. The second-order valence-corrected chi connectivity index (χ2v) is 11.5. The van der Waals surface area contributed by atoms with Crippen LogP contribution >= 0.6 is 0 Å². The Balaban J connectivity index is 1.74. The Hall–Kier alpha value is -2.67. The minimum absolute atomic E-state index is 0.0504. The SMILES string of the molecule is CC(C)(C)C1COC(=O)C(Cc2ccccc2)CCCC=CCC(CC(=O)N2CCCC2CO)C(=O)N1. The quantitative estimate of drug-likeness (QED) is 0.459. The Labute approximate surface area is 221 Å². The van der Waals surface area contributed by atoms with Gasteiger partial charge in [-0.05, 0) is 55.9 Å². The molecule has 1 saturated heterocycles. The second-order valence-electron chi connectivity index (χ2n) is 11.5. The number of aliphatic hydroxyl groups is 1. The van der Waals surface area contributed by atoms with Crippen LogP contribution in [0, 0.1) is 17.3 Å². The van der Waals surface area contributed by atoms with Gasteiger partial charge in [0.1, 0.15) is 6.61 Å². The first-order valence-electron chi connectivity index (χ1n) is 13.7. The molecule has 2 aliphatic rings. The van der Waals surface area contributed by atoms with Crippen molar-refractivity contribution in [3.05, 3.63) is 48.0 Å². The van der Waals surface area contributed by atoms with Gasteiger partial charge in [-0.3, -0.25) is 14.4 Å². The van der Waals surface area contributed by atoms with Gasteiger partial charge in [-0.1, -0.05) is 63.3 Å². The number of nitrogens with zero attached hydrogens (tertiary/aromatic N) is 1. The summed E-state index contributed by atoms with van der Waals surface area (Å²) in [5.74, 6) is -1.28. The van der Waals surface area contributed by atoms with E-state index in [0.29, 0.717) is 19.4 Å². The van der Waals surface area contributed by atoms with Crippen LogP contribution in [0.15, 0.2) is 42.5 Å². The number of benzene rings is 1. The zero-order chi connectivity index (χ0) is 26.8. The van der Waals surface area contributed by atoms with Crippen LogP contribution in [0.5, 0.6) is 0 Å². The van der Waals surface area contributed by atoms with Crippen molar-refractivity contribution < 1.29 is 24.2 Å². The summed E-state index contributed by atoms with van der Waals surface area (Å²) < 4.78 is 5.81. The summed E-state index contributed by atoms with van der Waals surface area (Å²) in [5.41, 5.74) is 0.763. The van der Waals surface area contributed by atoms with Crippen molar-refractivity contribution in [1.82, 2.24) is 10.2 Å². The third-order valence-electron chi connectivity index (χ3n) is 7.62. The number of carbonyl (C=O) groups is 3. The molecule has 2 aliphatic heterocycles. The molecule has 7 nitrogen and oxygen atoms in total. The molecule has 1 fully saturated rings. The first kappa shape index (κ1) is 28.9. The third-order valence-corrected chi connectivity index (χ3v) is 7.62. The first-order valence-corrected chi connectivity index (χ1v) is 13.7. The minimum atomic E-state index is -0.516. The highest BCUT2D eigenvalue weighted by molar-refractivity contribution is 5.86. The van der Waals surface area contributed by atoms with Gasteiger partial charge in [0, 0.05) is 13.0 Å². The standard InChI is InChI=1S/C30H44N2O5/c1-30(2,3)26-21-37-29(36)24(18-22-12-7-6-8-13-22)15-10-5-4-9-14-23(28(35)31-26)19-27(34)32-17-11-16-25(32)20-33/h4,6-9,12-13,23-26,33H,5,10-11,14-21H2,1-3H3,(H,31,35). The van der Waals surface area contributed by atoms with Crippen molar-refractivity contribution in [3.8, 4) is 0 Å². The molecule has 4 atom stereocenters. The van der Waals surface area contributed by atoms with Crippen LogP contribution in [-0.4, -0.2) is 59.6 Å². The highest BCUT2D eigenvalue weighted by Gasteiger charge is 2.34. The lowest BCUT2D eigenvalue weighted by molar-refractivity contribution is -0.151. The number of ether oxygens (including phenoxy) is 1. The smallest absolute Gasteiger partial charge is 0.309 e. The molecule has 3 rings (SSSR count). The molecule has 0 radical (unpaired) electrons. The summed E-state index contributed by atoms with van der Waals surface area (Å²) in [6.07, 6.45) is 9.27. The van der Waals surface area contributed by atoms with Crippen molar-refractivity contribution in [2.24, 2.45) is 17.3 Å². The molecule has 4 unspecified atom stereocenters. The van der Waals surface area contributed by atoms with Crippen LogP contribution in [0.2, 0.25) is 0 Å². The molecule has 2 N–H and O–H groups in total. The summed E-state index contributed by atoms with van der Waals surface area (Å²) in [6.45, 7) is 6.68. The van der Waals surface area contributed by atoms with E-state index in [1.54, 1.807) is 4.90 Å². The Morgan fingerprint density at radius 3 is 2.54 bits per heavy atom. The number of carbonyl (C=O) groups excluding carboxylic acids is 3. The van der Waals surface area contributed by atoms with E-state index < -0.39 is 5.92 Å². The summed E-state index contributed by atoms with van der Waals surface area (Å²) in [7, 11) is 0. The fourth-order valence-electron chi connectivity index (χ4n) is 5.11. The molecule has 37 heavy (non-hydrogen) atoms. The maximum absolute atomic E-state index is 13.4. The topological polar surface area (TPSA) is 95.9 Å². The van der Waals surface area contributed by atoms with Crippen LogP contribution < -0.4 is 5.32 Å². The molecule has 0 spiro atoms. The van der Waals surface area contributed by atoms with E-state index in [1.807, 2.05) is 57.2 Å². The lowest BCUT2D eigenvalue weighted by Gasteiger charge is -2.33. The first-order chi connectivity index (χ1) is 17.7. The highest BCUT2D eigenvalue weighted by atomic mass is 16.5. The monoisotopic (exact) mass is 512 g/mol. The van der Waals surface area contributed by atoms with Crippen molar-refractivity contribution in [2.45, 2.75) is 84.2 Å². The molecule has 0 bridgehead atoms. The van der Waals surface area contributed by atoms with Gasteiger partial charge < -0.3 is 20.1 Å². The van der Waals surface area contributed by atoms with Crippen molar-refractivity contribution in [1.29, 1.82) is 0 Å². The predicted molar refractivity (Wildman–Crippen MR) is 144 cm³/mol. The molecular weight excluding hydrogens is 468 g/mol. The van der Waals surface area contributed by atoms with Crippen LogP contribution in [0.25, 0.3) is 0 Å². The predicted octanol–water partition coefficient (Wildman–Crippen LogP) is 4.04. The Morgan fingerprint density at radius 2 is 1.84 bits per heavy atom. The van der Waals surface area contributed by atoms with E-state index in [4.69, 9.17) is 4.74 Å². The molecule has 2 amide bonds. The van der Waals surface area contributed by atoms with Crippen LogP contribution in [0.1, 0.15) is 71.3 Å². The number of likely N-dealkylation sites (tertiary alicyclic amines) is 1. The summed E-state index contributed by atoms with van der Waals surface area (Å²) >= 11 is 0. The highest BCUT2D eigenvalue weighted by Crippen LogP contribution is 2.25. The molecular formula is C30H44N2O5. The molecule has 1 aromatic rings. The van der Waals surface area contributed by atoms with Crippen molar-refractivity contribution in [2.75, 3.05) is 19.8 Å². The number of aliphatic hydroxyl groups excluding tert-OH is 1. The third kappa shape index (κ3) is 8.70. The average Bonchev–Trinajstić information content (AvgIpc) is 3.35. The Bertz CT molecular complexity index is 924. The zero-order valence-electron chi connectivity index (χ0n) is 22.7. The molecule has 0 aliphatic carbocycles. The van der Waals surface area contributed by atoms with Gasteiger partial charge in [-0.25, -0.2) is 0 Å². The number of hydrogen-bond donors (Lipinski definition) is 2. The van der Waals surface area contributed by atoms with Gasteiger partial charge in [0.15, 0.2) is 0 Å². The van der Waals surface area contributed by atoms with Crippen LogP contribution in [0.4, 0.5) is 0 Å². The largest absolute Gasteiger partial charge is 0.463 e. The minimum Gasteiger partial charge on any atom is -0.463 e. The molecule has 204 valence electrons. The fourth-order valence-corrected chi connectivity index (χ4v) is 5.11. The Morgan fingerprint density at radius 1 is 1.08 bits per heavy atom. The van der Waals surface area contributed by atoms with Gasteiger partial charge in [0.25, 0.3) is 0 Å². The molecule has 1 aromatic carbocycles. The van der Waals surface area contributed by atoms with Gasteiger partial charge >= 0.3 is 5.97 Å². The molecule has 2 heterocycles. The lowest BCUT2D eigenvalue weighted by atomic mass is 9.86. The molecule has 0 saturated carbocycles. The summed E-state index contributed by atoms with van der Waals surface area (Å²) in [4.78, 5) is 41.3. The summed E-state index contributed by atoms with van der Waals surface area (Å²) in [6, 6.07) is 9.44. The van der Waals surface area contributed by atoms with Crippen LogP contribution in [0.3, 0.4) is 0 Å². The van der Waals surface area contributed by atoms with E-state index in [1.165, 1.54) is 0 Å². The van der Waals surface area contributed by atoms with E-state index >= 15 is 0 Å². The van der Waals surface area contributed by atoms with Gasteiger partial charge in [-0.2, -0.15) is 0 Å². The number of allylic oxidation sites excluding steroid dienone is 2. The average molecular weight is 513 g/mol. The van der Waals surface area contributed by atoms with E-state index in [2.05, 4.69) is 11.4 Å². The van der Waals surface area contributed by atoms with E-state index in [-0.39, 0.29) is 60.8 Å². The van der Waals surface area contributed by atoms with Crippen molar-refractivity contribution >= 4 is 17.8 Å². The number of amides is 2.